The highest BCUT2D eigenvalue weighted by Gasteiger charge is 2.10. The molecule has 0 amide bonds. The van der Waals surface area contributed by atoms with Gasteiger partial charge in [0.05, 0.1) is 11.7 Å². The Hall–Kier alpha value is -0.830. The van der Waals surface area contributed by atoms with E-state index in [-0.39, 0.29) is 0 Å². The standard InChI is InChI=1S/C13H25N3/c1-5-8-14-9-12-10-16(15-11(12)4)13(6-2)7-3/h10,13-14H,5-9H2,1-4H3. The second-order valence-electron chi connectivity index (χ2n) is 4.37. The van der Waals surface area contributed by atoms with Crippen molar-refractivity contribution in [1.82, 2.24) is 15.1 Å². The Morgan fingerprint density at radius 3 is 2.56 bits per heavy atom. The van der Waals surface area contributed by atoms with Crippen molar-refractivity contribution in [2.45, 2.75) is 59.5 Å². The van der Waals surface area contributed by atoms with E-state index in [4.69, 9.17) is 0 Å². The van der Waals surface area contributed by atoms with Gasteiger partial charge in [-0.3, -0.25) is 4.68 Å². The van der Waals surface area contributed by atoms with E-state index in [0.29, 0.717) is 6.04 Å². The van der Waals surface area contributed by atoms with Crippen LogP contribution >= 0.6 is 0 Å². The van der Waals surface area contributed by atoms with Crippen LogP contribution in [0.3, 0.4) is 0 Å². The van der Waals surface area contributed by atoms with Crippen molar-refractivity contribution < 1.29 is 0 Å². The van der Waals surface area contributed by atoms with Crippen molar-refractivity contribution in [3.8, 4) is 0 Å². The molecule has 92 valence electrons. The number of rotatable bonds is 7. The lowest BCUT2D eigenvalue weighted by atomic mass is 10.2. The normalized spacial score (nSPS) is 11.3. The number of hydrogen-bond donors (Lipinski definition) is 1. The molecular formula is C13H25N3. The number of aryl methyl sites for hydroxylation is 1. The van der Waals surface area contributed by atoms with Crippen molar-refractivity contribution >= 4 is 0 Å². The lowest BCUT2D eigenvalue weighted by Crippen LogP contribution is -2.14. The van der Waals surface area contributed by atoms with Gasteiger partial charge in [0.1, 0.15) is 0 Å². The van der Waals surface area contributed by atoms with Crippen LogP contribution in [0.15, 0.2) is 6.20 Å². The van der Waals surface area contributed by atoms with Gasteiger partial charge in [0.15, 0.2) is 0 Å². The Bertz CT molecular complexity index is 300. The lowest BCUT2D eigenvalue weighted by Gasteiger charge is -2.12. The molecule has 0 atom stereocenters. The first-order valence-corrected chi connectivity index (χ1v) is 6.48. The molecule has 0 aliphatic carbocycles. The average molecular weight is 223 g/mol. The summed E-state index contributed by atoms with van der Waals surface area (Å²) in [6.45, 7) is 10.8. The summed E-state index contributed by atoms with van der Waals surface area (Å²) in [5.74, 6) is 0. The molecule has 1 N–H and O–H groups in total. The molecule has 0 bridgehead atoms. The molecule has 16 heavy (non-hydrogen) atoms. The van der Waals surface area contributed by atoms with E-state index in [2.05, 4.69) is 49.0 Å². The predicted octanol–water partition coefficient (Wildman–Crippen LogP) is 3.05. The van der Waals surface area contributed by atoms with E-state index in [1.807, 2.05) is 0 Å². The highest BCUT2D eigenvalue weighted by Crippen LogP contribution is 2.17. The first kappa shape index (κ1) is 13.2. The molecule has 1 rings (SSSR count). The first-order valence-electron chi connectivity index (χ1n) is 6.48. The van der Waals surface area contributed by atoms with E-state index in [9.17, 15) is 0 Å². The Labute approximate surface area is 99.2 Å². The van der Waals surface area contributed by atoms with Crippen LogP contribution in [0.2, 0.25) is 0 Å². The molecule has 0 saturated carbocycles. The molecule has 0 radical (unpaired) electrons. The summed E-state index contributed by atoms with van der Waals surface area (Å²) in [7, 11) is 0. The van der Waals surface area contributed by atoms with E-state index < -0.39 is 0 Å². The molecular weight excluding hydrogens is 198 g/mol. The Balaban J connectivity index is 2.65. The molecule has 0 fully saturated rings. The van der Waals surface area contributed by atoms with Crippen LogP contribution in [0.4, 0.5) is 0 Å². The Morgan fingerprint density at radius 2 is 2.00 bits per heavy atom. The second kappa shape index (κ2) is 6.69. The van der Waals surface area contributed by atoms with Crippen molar-refractivity contribution in [3.63, 3.8) is 0 Å². The van der Waals surface area contributed by atoms with Crippen LogP contribution in [0.5, 0.6) is 0 Å². The zero-order chi connectivity index (χ0) is 12.0. The molecule has 0 spiro atoms. The number of aromatic nitrogens is 2. The minimum atomic E-state index is 0.554. The SMILES string of the molecule is CCCNCc1cn(C(CC)CC)nc1C. The van der Waals surface area contributed by atoms with Gasteiger partial charge in [0.2, 0.25) is 0 Å². The van der Waals surface area contributed by atoms with E-state index in [1.165, 1.54) is 12.0 Å². The van der Waals surface area contributed by atoms with E-state index in [0.717, 1.165) is 31.6 Å². The van der Waals surface area contributed by atoms with Crippen molar-refractivity contribution in [2.75, 3.05) is 6.54 Å². The minimum absolute atomic E-state index is 0.554. The summed E-state index contributed by atoms with van der Waals surface area (Å²) in [5, 5.41) is 8.04. The van der Waals surface area contributed by atoms with Crippen molar-refractivity contribution in [2.24, 2.45) is 0 Å². The number of nitrogens with zero attached hydrogens (tertiary/aromatic N) is 2. The molecule has 3 nitrogen and oxygen atoms in total. The van der Waals surface area contributed by atoms with Gasteiger partial charge in [0.25, 0.3) is 0 Å². The molecule has 0 aromatic carbocycles. The van der Waals surface area contributed by atoms with Gasteiger partial charge in [-0.1, -0.05) is 20.8 Å². The van der Waals surface area contributed by atoms with Gasteiger partial charge in [-0.05, 0) is 32.7 Å². The second-order valence-corrected chi connectivity index (χ2v) is 4.37. The maximum Gasteiger partial charge on any atom is 0.0638 e. The molecule has 3 heteroatoms. The average Bonchev–Trinajstić information content (AvgIpc) is 2.63. The lowest BCUT2D eigenvalue weighted by molar-refractivity contribution is 0.426. The van der Waals surface area contributed by atoms with E-state index in [1.54, 1.807) is 0 Å². The van der Waals surface area contributed by atoms with Crippen molar-refractivity contribution in [3.05, 3.63) is 17.5 Å². The minimum Gasteiger partial charge on any atom is -0.313 e. The largest absolute Gasteiger partial charge is 0.313 e. The molecule has 1 aromatic rings. The monoisotopic (exact) mass is 223 g/mol. The van der Waals surface area contributed by atoms with Crippen LogP contribution in [-0.4, -0.2) is 16.3 Å². The zero-order valence-corrected chi connectivity index (χ0v) is 11.1. The Kier molecular flexibility index (Phi) is 5.53. The summed E-state index contributed by atoms with van der Waals surface area (Å²) >= 11 is 0. The maximum atomic E-state index is 4.61. The summed E-state index contributed by atoms with van der Waals surface area (Å²) in [5.41, 5.74) is 2.50. The quantitative estimate of drug-likeness (QED) is 0.720. The third kappa shape index (κ3) is 3.34. The van der Waals surface area contributed by atoms with Gasteiger partial charge in [-0.15, -0.1) is 0 Å². The fourth-order valence-electron chi connectivity index (χ4n) is 1.94. The van der Waals surface area contributed by atoms with Crippen LogP contribution < -0.4 is 5.32 Å². The summed E-state index contributed by atoms with van der Waals surface area (Å²) in [6.07, 6.45) is 5.69. The number of nitrogens with one attached hydrogen (secondary N) is 1. The summed E-state index contributed by atoms with van der Waals surface area (Å²) < 4.78 is 2.14. The topological polar surface area (TPSA) is 29.9 Å². The van der Waals surface area contributed by atoms with Gasteiger partial charge < -0.3 is 5.32 Å². The Morgan fingerprint density at radius 1 is 1.31 bits per heavy atom. The molecule has 0 saturated heterocycles. The van der Waals surface area contributed by atoms with E-state index >= 15 is 0 Å². The molecule has 1 aromatic heterocycles. The van der Waals surface area contributed by atoms with Crippen LogP contribution in [-0.2, 0) is 6.54 Å². The maximum absolute atomic E-state index is 4.61. The smallest absolute Gasteiger partial charge is 0.0638 e. The van der Waals surface area contributed by atoms with Gasteiger partial charge >= 0.3 is 0 Å². The highest BCUT2D eigenvalue weighted by atomic mass is 15.3. The van der Waals surface area contributed by atoms with Crippen LogP contribution in [0.25, 0.3) is 0 Å². The van der Waals surface area contributed by atoms with Crippen LogP contribution in [0.1, 0.15) is 57.3 Å². The van der Waals surface area contributed by atoms with Gasteiger partial charge in [-0.2, -0.15) is 5.10 Å². The van der Waals surface area contributed by atoms with Gasteiger partial charge in [-0.25, -0.2) is 0 Å². The molecule has 1 heterocycles. The predicted molar refractivity (Wildman–Crippen MR) is 68.6 cm³/mol. The summed E-state index contributed by atoms with van der Waals surface area (Å²) in [6, 6.07) is 0.554. The van der Waals surface area contributed by atoms with Crippen LogP contribution in [0, 0.1) is 6.92 Å². The molecule has 0 aliphatic rings. The summed E-state index contributed by atoms with van der Waals surface area (Å²) in [4.78, 5) is 0. The first-order chi connectivity index (χ1) is 7.72. The van der Waals surface area contributed by atoms with Crippen molar-refractivity contribution in [1.29, 1.82) is 0 Å². The molecule has 0 aliphatic heterocycles. The van der Waals surface area contributed by atoms with Gasteiger partial charge in [0, 0.05) is 18.3 Å². The highest BCUT2D eigenvalue weighted by molar-refractivity contribution is 5.15. The number of hydrogen-bond acceptors (Lipinski definition) is 2. The fourth-order valence-corrected chi connectivity index (χ4v) is 1.94. The zero-order valence-electron chi connectivity index (χ0n) is 11.1. The fraction of sp³-hybridized carbons (Fsp3) is 0.769. The third-order valence-corrected chi connectivity index (χ3v) is 3.08. The molecule has 0 unspecified atom stereocenters. The third-order valence-electron chi connectivity index (χ3n) is 3.08.